The maximum Gasteiger partial charge on any atom is 0.321 e. The number of aliphatic carboxylic acids is 1. The van der Waals surface area contributed by atoms with E-state index in [0.717, 1.165) is 11.8 Å². The second kappa shape index (κ2) is 4.97. The number of primary amides is 1. The second-order valence-corrected chi connectivity index (χ2v) is 2.96. The molecule has 0 saturated carbocycles. The number of amides is 1. The van der Waals surface area contributed by atoms with Crippen molar-refractivity contribution in [3.63, 3.8) is 0 Å². The zero-order chi connectivity index (χ0) is 8.85. The molecule has 0 aromatic heterocycles. The number of thioether (sulfide) groups is 1. The molecule has 0 bridgehead atoms. The summed E-state index contributed by atoms with van der Waals surface area (Å²) in [6.07, 6.45) is 0. The molecule has 0 aromatic carbocycles. The minimum absolute atomic E-state index is 0.112. The van der Waals surface area contributed by atoms with E-state index in [0.29, 0.717) is 0 Å². The highest BCUT2D eigenvalue weighted by Gasteiger charge is 2.10. The second-order valence-electron chi connectivity index (χ2n) is 1.93. The van der Waals surface area contributed by atoms with E-state index in [1.54, 1.807) is 0 Å². The topological polar surface area (TPSA) is 106 Å². The van der Waals surface area contributed by atoms with Crippen molar-refractivity contribution in [1.82, 2.24) is 0 Å². The summed E-state index contributed by atoms with van der Waals surface area (Å²) in [5, 5.41) is 8.29. The summed E-state index contributed by atoms with van der Waals surface area (Å²) >= 11 is 1.12. The molecule has 5 N–H and O–H groups in total. The number of rotatable bonds is 5. The van der Waals surface area contributed by atoms with Crippen LogP contribution in [0.4, 0.5) is 0 Å². The Morgan fingerprint density at radius 3 is 2.45 bits per heavy atom. The Kier molecular flexibility index (Phi) is 4.64. The van der Waals surface area contributed by atoms with Crippen LogP contribution in [0.1, 0.15) is 0 Å². The van der Waals surface area contributed by atoms with Gasteiger partial charge in [0, 0.05) is 5.75 Å². The van der Waals surface area contributed by atoms with Crippen LogP contribution in [0.5, 0.6) is 0 Å². The molecule has 6 heteroatoms. The summed E-state index contributed by atoms with van der Waals surface area (Å²) in [5.74, 6) is -1.21. The molecule has 1 atom stereocenters. The lowest BCUT2D eigenvalue weighted by atomic mass is 10.4. The average molecular weight is 178 g/mol. The van der Waals surface area contributed by atoms with E-state index in [1.165, 1.54) is 0 Å². The van der Waals surface area contributed by atoms with Crippen LogP contribution < -0.4 is 11.5 Å². The van der Waals surface area contributed by atoms with Crippen molar-refractivity contribution >= 4 is 23.6 Å². The Balaban J connectivity index is 3.39. The molecule has 0 radical (unpaired) electrons. The Bertz CT molecular complexity index is 162. The van der Waals surface area contributed by atoms with Gasteiger partial charge in [-0.15, -0.1) is 11.8 Å². The maximum absolute atomic E-state index is 10.2. The van der Waals surface area contributed by atoms with E-state index in [2.05, 4.69) is 0 Å². The van der Waals surface area contributed by atoms with E-state index in [-0.39, 0.29) is 11.5 Å². The number of hydrogen-bond donors (Lipinski definition) is 3. The predicted octanol–water partition coefficient (Wildman–Crippen LogP) is -1.38. The quantitative estimate of drug-likeness (QED) is 0.481. The minimum atomic E-state index is -1.07. The smallest absolute Gasteiger partial charge is 0.321 e. The number of carbonyl (C=O) groups excluding carboxylic acids is 1. The van der Waals surface area contributed by atoms with E-state index >= 15 is 0 Å². The molecule has 1 amide bonds. The normalized spacial score (nSPS) is 12.5. The lowest BCUT2D eigenvalue weighted by molar-refractivity contribution is -0.137. The van der Waals surface area contributed by atoms with Crippen molar-refractivity contribution in [2.75, 3.05) is 11.5 Å². The standard InChI is InChI=1S/C5H10N2O3S/c6-3(5(9)10)1-11-2-4(7)8/h3H,1-2,6H2,(H2,7,8)(H,9,10)/t3-/m1/s1. The fourth-order valence-electron chi connectivity index (χ4n) is 0.358. The van der Waals surface area contributed by atoms with Gasteiger partial charge in [-0.2, -0.15) is 0 Å². The molecule has 0 rings (SSSR count). The molecule has 5 nitrogen and oxygen atoms in total. The predicted molar refractivity (Wildman–Crippen MR) is 42.1 cm³/mol. The van der Waals surface area contributed by atoms with Gasteiger partial charge in [0.2, 0.25) is 5.91 Å². The van der Waals surface area contributed by atoms with Crippen molar-refractivity contribution in [2.24, 2.45) is 11.5 Å². The fourth-order valence-corrected chi connectivity index (χ4v) is 1.07. The molecular formula is C5H10N2O3S. The van der Waals surface area contributed by atoms with E-state index in [1.807, 2.05) is 0 Å². The number of carboxylic acid groups (broad SMARTS) is 1. The van der Waals surface area contributed by atoms with Crippen LogP contribution in [0, 0.1) is 0 Å². The van der Waals surface area contributed by atoms with Crippen LogP contribution in [0.2, 0.25) is 0 Å². The fraction of sp³-hybridized carbons (Fsp3) is 0.600. The molecule has 0 heterocycles. The molecule has 0 aromatic rings. The van der Waals surface area contributed by atoms with Gasteiger partial charge in [-0.1, -0.05) is 0 Å². The number of carboxylic acids is 1. The van der Waals surface area contributed by atoms with Gasteiger partial charge in [0.25, 0.3) is 0 Å². The Morgan fingerprint density at radius 2 is 2.09 bits per heavy atom. The number of nitrogens with two attached hydrogens (primary N) is 2. The maximum atomic E-state index is 10.2. The summed E-state index contributed by atoms with van der Waals surface area (Å²) < 4.78 is 0. The van der Waals surface area contributed by atoms with E-state index in [4.69, 9.17) is 16.6 Å². The van der Waals surface area contributed by atoms with Gasteiger partial charge >= 0.3 is 5.97 Å². The molecule has 0 spiro atoms. The zero-order valence-corrected chi connectivity index (χ0v) is 6.63. The highest BCUT2D eigenvalue weighted by Crippen LogP contribution is 2.00. The van der Waals surface area contributed by atoms with Gasteiger partial charge in [-0.05, 0) is 0 Å². The lowest BCUT2D eigenvalue weighted by Crippen LogP contribution is -2.33. The molecule has 0 aliphatic carbocycles. The van der Waals surface area contributed by atoms with Crippen molar-refractivity contribution in [1.29, 1.82) is 0 Å². The molecule has 0 unspecified atom stereocenters. The molecule has 11 heavy (non-hydrogen) atoms. The lowest BCUT2D eigenvalue weighted by Gasteiger charge is -2.03. The van der Waals surface area contributed by atoms with Crippen molar-refractivity contribution in [3.8, 4) is 0 Å². The molecule has 64 valence electrons. The van der Waals surface area contributed by atoms with Crippen LogP contribution >= 0.6 is 11.8 Å². The first-order valence-corrected chi connectivity index (χ1v) is 4.04. The van der Waals surface area contributed by atoms with Crippen LogP contribution in [0.15, 0.2) is 0 Å². The van der Waals surface area contributed by atoms with Crippen molar-refractivity contribution < 1.29 is 14.7 Å². The molecule has 0 aliphatic heterocycles. The van der Waals surface area contributed by atoms with Crippen LogP contribution in [-0.2, 0) is 9.59 Å². The van der Waals surface area contributed by atoms with Crippen LogP contribution in [0.25, 0.3) is 0 Å². The third-order valence-electron chi connectivity index (χ3n) is 0.859. The molecule has 0 saturated heterocycles. The van der Waals surface area contributed by atoms with Gasteiger partial charge in [0.1, 0.15) is 6.04 Å². The van der Waals surface area contributed by atoms with E-state index < -0.39 is 17.9 Å². The average Bonchev–Trinajstić information content (AvgIpc) is 1.86. The van der Waals surface area contributed by atoms with Crippen molar-refractivity contribution in [2.45, 2.75) is 6.04 Å². The van der Waals surface area contributed by atoms with Crippen molar-refractivity contribution in [3.05, 3.63) is 0 Å². The van der Waals surface area contributed by atoms with Crippen LogP contribution in [-0.4, -0.2) is 34.5 Å². The van der Waals surface area contributed by atoms with Gasteiger partial charge in [0.15, 0.2) is 0 Å². The van der Waals surface area contributed by atoms with Gasteiger partial charge in [-0.3, -0.25) is 9.59 Å². The van der Waals surface area contributed by atoms with Gasteiger partial charge in [-0.25, -0.2) is 0 Å². The first-order valence-electron chi connectivity index (χ1n) is 2.88. The molecule has 0 fully saturated rings. The largest absolute Gasteiger partial charge is 0.480 e. The molecular weight excluding hydrogens is 168 g/mol. The third kappa shape index (κ3) is 5.68. The Labute approximate surface area is 68.1 Å². The first kappa shape index (κ1) is 10.2. The Hall–Kier alpha value is -0.750. The monoisotopic (exact) mass is 178 g/mol. The SMILES string of the molecule is NC(=O)CSC[C@@H](N)C(=O)O. The summed E-state index contributed by atoms with van der Waals surface area (Å²) in [4.78, 5) is 20.3. The summed E-state index contributed by atoms with van der Waals surface area (Å²) in [6.45, 7) is 0. The highest BCUT2D eigenvalue weighted by molar-refractivity contribution is 8.00. The number of carbonyl (C=O) groups is 2. The summed E-state index contributed by atoms with van der Waals surface area (Å²) in [7, 11) is 0. The third-order valence-corrected chi connectivity index (χ3v) is 1.94. The molecule has 0 aliphatic rings. The van der Waals surface area contributed by atoms with E-state index in [9.17, 15) is 9.59 Å². The highest BCUT2D eigenvalue weighted by atomic mass is 32.2. The minimum Gasteiger partial charge on any atom is -0.480 e. The first-order chi connectivity index (χ1) is 5.04. The number of hydrogen-bond acceptors (Lipinski definition) is 4. The Morgan fingerprint density at radius 1 is 1.55 bits per heavy atom. The summed E-state index contributed by atoms with van der Waals surface area (Å²) in [6, 6.07) is -0.917. The van der Waals surface area contributed by atoms with Gasteiger partial charge < -0.3 is 16.6 Å². The van der Waals surface area contributed by atoms with Gasteiger partial charge in [0.05, 0.1) is 5.75 Å². The summed E-state index contributed by atoms with van der Waals surface area (Å²) in [5.41, 5.74) is 9.94. The zero-order valence-electron chi connectivity index (χ0n) is 5.82. The van der Waals surface area contributed by atoms with Crippen LogP contribution in [0.3, 0.4) is 0 Å².